The molecule has 144 valence electrons. The number of likely N-dealkylation sites (tertiary alicyclic amines) is 1. The minimum absolute atomic E-state index is 0.235. The monoisotopic (exact) mass is 360 g/mol. The highest BCUT2D eigenvalue weighted by Gasteiger charge is 2.49. The number of hydrogen-bond acceptors (Lipinski definition) is 3. The maximum atomic E-state index is 13.3. The maximum Gasteiger partial charge on any atom is 0.123 e. The van der Waals surface area contributed by atoms with E-state index in [2.05, 4.69) is 23.6 Å². The third-order valence-corrected chi connectivity index (χ3v) is 6.76. The first-order valence-corrected chi connectivity index (χ1v) is 10.3. The lowest BCUT2D eigenvalue weighted by Crippen LogP contribution is -2.53. The van der Waals surface area contributed by atoms with E-state index in [1.165, 1.54) is 57.5 Å². The summed E-state index contributed by atoms with van der Waals surface area (Å²) >= 11 is 0. The molecular formula is C22H33FN2O. The predicted molar refractivity (Wildman–Crippen MR) is 103 cm³/mol. The van der Waals surface area contributed by atoms with Crippen molar-refractivity contribution in [2.24, 2.45) is 5.41 Å². The number of fused-ring (bicyclic) bond motifs is 2. The number of benzene rings is 1. The number of piperidine rings is 1. The van der Waals surface area contributed by atoms with Gasteiger partial charge in [0, 0.05) is 25.2 Å². The summed E-state index contributed by atoms with van der Waals surface area (Å²) in [6, 6.07) is 7.37. The molecule has 3 aliphatic heterocycles. The lowest BCUT2D eigenvalue weighted by Gasteiger charge is -2.47. The van der Waals surface area contributed by atoms with Crippen molar-refractivity contribution in [3.63, 3.8) is 0 Å². The van der Waals surface area contributed by atoms with Crippen molar-refractivity contribution in [1.29, 1.82) is 0 Å². The Labute approximate surface area is 157 Å². The van der Waals surface area contributed by atoms with Gasteiger partial charge in [0.05, 0.1) is 5.60 Å². The second kappa shape index (κ2) is 6.88. The zero-order chi connectivity index (χ0) is 18.4. The average Bonchev–Trinajstić information content (AvgIpc) is 3.14. The average molecular weight is 361 g/mol. The summed E-state index contributed by atoms with van der Waals surface area (Å²) in [6.07, 6.45) is 6.58. The molecule has 4 rings (SSSR count). The van der Waals surface area contributed by atoms with Crippen molar-refractivity contribution in [3.8, 4) is 0 Å². The molecule has 3 heterocycles. The van der Waals surface area contributed by atoms with Gasteiger partial charge in [0.1, 0.15) is 5.82 Å². The zero-order valence-electron chi connectivity index (χ0n) is 16.3. The number of hydrogen-bond donors (Lipinski definition) is 1. The minimum Gasteiger partial charge on any atom is -0.385 e. The van der Waals surface area contributed by atoms with E-state index >= 15 is 0 Å². The standard InChI is InChI=1S/C22H33FN2O/c1-21(2,15-24-11-3-4-12-24)16-25-19-9-10-20(25)14-22(26,13-19)17-5-7-18(23)8-6-17/h5-8,19-20,26H,3-4,9-16H2,1-2H3/t19-,20-/m0/s1. The van der Waals surface area contributed by atoms with Crippen molar-refractivity contribution in [1.82, 2.24) is 9.80 Å². The molecule has 2 bridgehead atoms. The summed E-state index contributed by atoms with van der Waals surface area (Å²) in [5, 5.41) is 11.3. The quantitative estimate of drug-likeness (QED) is 0.866. The molecule has 1 N–H and O–H groups in total. The molecule has 1 aromatic rings. The van der Waals surface area contributed by atoms with Crippen molar-refractivity contribution in [2.45, 2.75) is 70.1 Å². The van der Waals surface area contributed by atoms with Gasteiger partial charge in [-0.2, -0.15) is 0 Å². The fraction of sp³-hybridized carbons (Fsp3) is 0.727. The fourth-order valence-corrected chi connectivity index (χ4v) is 5.66. The van der Waals surface area contributed by atoms with Crippen LogP contribution in [0, 0.1) is 11.2 Å². The van der Waals surface area contributed by atoms with Gasteiger partial charge in [-0.05, 0) is 74.7 Å². The molecule has 0 aromatic heterocycles. The van der Waals surface area contributed by atoms with Gasteiger partial charge >= 0.3 is 0 Å². The highest BCUT2D eigenvalue weighted by atomic mass is 19.1. The summed E-state index contributed by atoms with van der Waals surface area (Å²) < 4.78 is 13.3. The second-order valence-corrected chi connectivity index (χ2v) is 9.65. The molecule has 3 fully saturated rings. The van der Waals surface area contributed by atoms with E-state index in [4.69, 9.17) is 0 Å². The minimum atomic E-state index is -0.796. The molecule has 26 heavy (non-hydrogen) atoms. The Morgan fingerprint density at radius 3 is 2.19 bits per heavy atom. The van der Waals surface area contributed by atoms with E-state index in [1.807, 2.05) is 0 Å². The molecule has 3 saturated heterocycles. The van der Waals surface area contributed by atoms with Gasteiger partial charge in [-0.1, -0.05) is 26.0 Å². The van der Waals surface area contributed by atoms with Crippen LogP contribution < -0.4 is 0 Å². The normalized spacial score (nSPS) is 33.1. The van der Waals surface area contributed by atoms with Gasteiger partial charge in [-0.15, -0.1) is 0 Å². The molecule has 3 nitrogen and oxygen atoms in total. The summed E-state index contributed by atoms with van der Waals surface area (Å²) in [5.74, 6) is -0.235. The molecular weight excluding hydrogens is 327 g/mol. The van der Waals surface area contributed by atoms with Crippen LogP contribution >= 0.6 is 0 Å². The van der Waals surface area contributed by atoms with Gasteiger partial charge < -0.3 is 10.0 Å². The van der Waals surface area contributed by atoms with E-state index in [1.54, 1.807) is 12.1 Å². The van der Waals surface area contributed by atoms with Crippen LogP contribution in [0.3, 0.4) is 0 Å². The van der Waals surface area contributed by atoms with Crippen LogP contribution in [0.25, 0.3) is 0 Å². The number of halogens is 1. The molecule has 0 radical (unpaired) electrons. The highest BCUT2D eigenvalue weighted by Crippen LogP contribution is 2.46. The predicted octanol–water partition coefficient (Wildman–Crippen LogP) is 3.76. The molecule has 0 aliphatic carbocycles. The van der Waals surface area contributed by atoms with Crippen LogP contribution in [-0.4, -0.2) is 53.2 Å². The second-order valence-electron chi connectivity index (χ2n) is 9.65. The summed E-state index contributed by atoms with van der Waals surface area (Å²) in [6.45, 7) is 9.57. The van der Waals surface area contributed by atoms with Crippen molar-refractivity contribution < 1.29 is 9.50 Å². The Hall–Kier alpha value is -0.970. The van der Waals surface area contributed by atoms with Crippen LogP contribution in [0.5, 0.6) is 0 Å². The fourth-order valence-electron chi connectivity index (χ4n) is 5.66. The Morgan fingerprint density at radius 1 is 1.04 bits per heavy atom. The lowest BCUT2D eigenvalue weighted by molar-refractivity contribution is -0.0667. The first kappa shape index (κ1) is 18.4. The zero-order valence-corrected chi connectivity index (χ0v) is 16.3. The van der Waals surface area contributed by atoms with Gasteiger partial charge in [0.25, 0.3) is 0 Å². The van der Waals surface area contributed by atoms with E-state index in [0.717, 1.165) is 24.9 Å². The Morgan fingerprint density at radius 2 is 1.62 bits per heavy atom. The molecule has 0 spiro atoms. The van der Waals surface area contributed by atoms with Crippen molar-refractivity contribution >= 4 is 0 Å². The van der Waals surface area contributed by atoms with E-state index < -0.39 is 5.60 Å². The Bertz CT molecular complexity index is 610. The molecule has 4 heteroatoms. The smallest absolute Gasteiger partial charge is 0.123 e. The topological polar surface area (TPSA) is 26.7 Å². The van der Waals surface area contributed by atoms with Crippen LogP contribution in [0.1, 0.15) is 57.9 Å². The van der Waals surface area contributed by atoms with Gasteiger partial charge in [-0.3, -0.25) is 4.90 Å². The molecule has 2 atom stereocenters. The maximum absolute atomic E-state index is 13.3. The molecule has 0 amide bonds. The van der Waals surface area contributed by atoms with Crippen molar-refractivity contribution in [2.75, 3.05) is 26.2 Å². The molecule has 3 aliphatic rings. The highest BCUT2D eigenvalue weighted by molar-refractivity contribution is 5.25. The molecule has 0 saturated carbocycles. The van der Waals surface area contributed by atoms with Crippen LogP contribution in [0.4, 0.5) is 4.39 Å². The van der Waals surface area contributed by atoms with Gasteiger partial charge in [-0.25, -0.2) is 4.39 Å². The third-order valence-electron chi connectivity index (χ3n) is 6.76. The lowest BCUT2D eigenvalue weighted by atomic mass is 9.79. The number of nitrogens with zero attached hydrogens (tertiary/aromatic N) is 2. The summed E-state index contributed by atoms with van der Waals surface area (Å²) in [7, 11) is 0. The number of aliphatic hydroxyl groups is 1. The Kier molecular flexibility index (Phi) is 4.87. The largest absolute Gasteiger partial charge is 0.385 e. The van der Waals surface area contributed by atoms with Crippen LogP contribution in [0.2, 0.25) is 0 Å². The first-order valence-electron chi connectivity index (χ1n) is 10.3. The molecule has 0 unspecified atom stereocenters. The van der Waals surface area contributed by atoms with Crippen LogP contribution in [0.15, 0.2) is 24.3 Å². The van der Waals surface area contributed by atoms with E-state index in [9.17, 15) is 9.50 Å². The summed E-state index contributed by atoms with van der Waals surface area (Å²) in [4.78, 5) is 5.29. The van der Waals surface area contributed by atoms with Crippen LogP contribution in [-0.2, 0) is 5.60 Å². The SMILES string of the molecule is CC(C)(CN1CCCC1)CN1[C@H]2CC[C@H]1CC(O)(c1ccc(F)cc1)C2. The van der Waals surface area contributed by atoms with E-state index in [-0.39, 0.29) is 11.2 Å². The Balaban J connectivity index is 1.44. The first-order chi connectivity index (χ1) is 12.3. The van der Waals surface area contributed by atoms with Crippen molar-refractivity contribution in [3.05, 3.63) is 35.6 Å². The number of rotatable bonds is 5. The summed E-state index contributed by atoms with van der Waals surface area (Å²) in [5.41, 5.74) is 0.359. The third kappa shape index (κ3) is 3.69. The molecule has 1 aromatic carbocycles. The van der Waals surface area contributed by atoms with E-state index in [0.29, 0.717) is 12.1 Å². The van der Waals surface area contributed by atoms with Gasteiger partial charge in [0.15, 0.2) is 0 Å². The van der Waals surface area contributed by atoms with Gasteiger partial charge in [0.2, 0.25) is 0 Å².